The molecule has 0 saturated carbocycles. The number of nitrogens with one attached hydrogen (secondary N) is 3. The molecule has 1 rings (SSSR count). The van der Waals surface area contributed by atoms with E-state index in [1.807, 2.05) is 24.3 Å². The quantitative estimate of drug-likeness (QED) is 0.113. The Hall–Kier alpha value is -1.94. The lowest BCUT2D eigenvalue weighted by molar-refractivity contribution is -0.121. The van der Waals surface area contributed by atoms with E-state index in [0.717, 1.165) is 69.2 Å². The number of unbranched alkanes of at least 4 members (excludes halogenated alkanes) is 7. The number of thiocarbonyl (C=S) groups is 1. The molecule has 2 unspecified atom stereocenters. The average Bonchev–Trinajstić information content (AvgIpc) is 2.82. The molecule has 188 valence electrons. The Morgan fingerprint density at radius 3 is 2.00 bits per heavy atom. The van der Waals surface area contributed by atoms with Crippen molar-refractivity contribution in [3.05, 3.63) is 24.3 Å². The molecule has 0 saturated heterocycles. The molecule has 1 aromatic carbocycles. The molecule has 0 aromatic heterocycles. The van der Waals surface area contributed by atoms with Gasteiger partial charge < -0.3 is 25.4 Å². The van der Waals surface area contributed by atoms with Gasteiger partial charge >= 0.3 is 0 Å². The molecule has 0 bridgehead atoms. The highest BCUT2D eigenvalue weighted by Crippen LogP contribution is 2.15. The van der Waals surface area contributed by atoms with Gasteiger partial charge in [0.2, 0.25) is 5.91 Å². The van der Waals surface area contributed by atoms with Gasteiger partial charge in [-0.25, -0.2) is 0 Å². The number of anilines is 1. The summed E-state index contributed by atoms with van der Waals surface area (Å²) in [4.78, 5) is 11.9. The van der Waals surface area contributed by atoms with Gasteiger partial charge in [0.05, 0.1) is 19.3 Å². The number of rotatable bonds is 17. The van der Waals surface area contributed by atoms with E-state index in [0.29, 0.717) is 24.4 Å². The summed E-state index contributed by atoms with van der Waals surface area (Å²) >= 11 is 5.16. The van der Waals surface area contributed by atoms with Crippen molar-refractivity contribution in [3.8, 4) is 5.75 Å². The molecule has 0 spiro atoms. The lowest BCUT2D eigenvalue weighted by Gasteiger charge is -2.17. The Labute approximate surface area is 203 Å². The van der Waals surface area contributed by atoms with E-state index < -0.39 is 12.2 Å². The molecule has 33 heavy (non-hydrogen) atoms. The number of hydrazine groups is 1. The molecule has 1 amide bonds. The van der Waals surface area contributed by atoms with E-state index in [1.54, 1.807) is 7.11 Å². The predicted octanol–water partition coefficient (Wildman–Crippen LogP) is 3.41. The summed E-state index contributed by atoms with van der Waals surface area (Å²) < 4.78 is 5.10. The van der Waals surface area contributed by atoms with Crippen molar-refractivity contribution in [3.63, 3.8) is 0 Å². The van der Waals surface area contributed by atoms with E-state index in [4.69, 9.17) is 22.1 Å². The number of methoxy groups -OCH3 is 1. The first-order valence-electron chi connectivity index (χ1n) is 11.9. The molecule has 0 heterocycles. The number of aliphatic hydroxyl groups excluding tert-OH is 3. The molecule has 6 N–H and O–H groups in total. The summed E-state index contributed by atoms with van der Waals surface area (Å²) in [5.74, 6) is 0.633. The largest absolute Gasteiger partial charge is 0.497 e. The average molecular weight is 484 g/mol. The summed E-state index contributed by atoms with van der Waals surface area (Å²) in [5, 5.41) is 32.1. The Morgan fingerprint density at radius 1 is 0.879 bits per heavy atom. The fourth-order valence-electron chi connectivity index (χ4n) is 3.40. The van der Waals surface area contributed by atoms with Gasteiger partial charge in [-0.3, -0.25) is 15.6 Å². The summed E-state index contributed by atoms with van der Waals surface area (Å²) in [6.45, 7) is 0.212. The zero-order valence-electron chi connectivity index (χ0n) is 19.7. The van der Waals surface area contributed by atoms with Crippen LogP contribution in [0.5, 0.6) is 5.75 Å². The van der Waals surface area contributed by atoms with Crippen LogP contribution in [0.2, 0.25) is 0 Å². The van der Waals surface area contributed by atoms with Gasteiger partial charge in [-0.2, -0.15) is 0 Å². The molecule has 0 aliphatic carbocycles. The van der Waals surface area contributed by atoms with Crippen molar-refractivity contribution >= 4 is 28.9 Å². The van der Waals surface area contributed by atoms with E-state index in [2.05, 4.69) is 16.2 Å². The maximum atomic E-state index is 11.9. The van der Waals surface area contributed by atoms with E-state index in [1.165, 1.54) is 0 Å². The third-order valence-corrected chi connectivity index (χ3v) is 5.62. The smallest absolute Gasteiger partial charge is 0.238 e. The Bertz CT molecular complexity index is 660. The second kappa shape index (κ2) is 18.5. The first kappa shape index (κ1) is 29.1. The van der Waals surface area contributed by atoms with Crippen LogP contribution in [0, 0.1) is 0 Å². The first-order valence-corrected chi connectivity index (χ1v) is 12.3. The molecule has 2 atom stereocenters. The summed E-state index contributed by atoms with van der Waals surface area (Å²) in [6.07, 6.45) is 8.42. The maximum Gasteiger partial charge on any atom is 0.238 e. The number of ether oxygens (including phenoxy) is 1. The van der Waals surface area contributed by atoms with Crippen LogP contribution >= 0.6 is 12.2 Å². The first-order chi connectivity index (χ1) is 16.0. The summed E-state index contributed by atoms with van der Waals surface area (Å²) in [7, 11) is 1.60. The van der Waals surface area contributed by atoms with Gasteiger partial charge in [0.15, 0.2) is 5.11 Å². The van der Waals surface area contributed by atoms with Crippen LogP contribution in [-0.2, 0) is 4.79 Å². The van der Waals surface area contributed by atoms with Gasteiger partial charge in [-0.05, 0) is 62.2 Å². The predicted molar refractivity (Wildman–Crippen MR) is 135 cm³/mol. The number of amides is 1. The molecule has 9 heteroatoms. The van der Waals surface area contributed by atoms with E-state index >= 15 is 0 Å². The maximum absolute atomic E-state index is 11.9. The molecule has 0 radical (unpaired) electrons. The van der Waals surface area contributed by atoms with E-state index in [-0.39, 0.29) is 12.5 Å². The second-order valence-corrected chi connectivity index (χ2v) is 8.63. The molecular weight excluding hydrogens is 442 g/mol. The highest BCUT2D eigenvalue weighted by molar-refractivity contribution is 7.80. The summed E-state index contributed by atoms with van der Waals surface area (Å²) in [5.41, 5.74) is 6.08. The van der Waals surface area contributed by atoms with Crippen LogP contribution < -0.4 is 20.9 Å². The highest BCUT2D eigenvalue weighted by atomic mass is 32.1. The molecule has 0 aliphatic rings. The Morgan fingerprint density at radius 2 is 1.42 bits per heavy atom. The van der Waals surface area contributed by atoms with Crippen molar-refractivity contribution in [1.29, 1.82) is 0 Å². The van der Waals surface area contributed by atoms with Crippen LogP contribution in [0.1, 0.15) is 77.0 Å². The van der Waals surface area contributed by atoms with Crippen molar-refractivity contribution in [2.75, 3.05) is 19.0 Å². The standard InChI is InChI=1S/C24H41N3O5S/c1-32-20-16-14-19(15-17-20)25-24(33)27-26-23(31)13-9-4-2-3-7-11-21(29)22(30)12-8-5-6-10-18-28/h14-17,21-22,28-30H,2-13,18H2,1H3,(H,26,31)(H2,25,27,33). The van der Waals surface area contributed by atoms with Crippen LogP contribution in [0.25, 0.3) is 0 Å². The second-order valence-electron chi connectivity index (χ2n) is 8.22. The van der Waals surface area contributed by atoms with Gasteiger partial charge in [0.1, 0.15) is 5.75 Å². The van der Waals surface area contributed by atoms with Crippen molar-refractivity contribution < 1.29 is 24.9 Å². The lowest BCUT2D eigenvalue weighted by atomic mass is 10.00. The molecule has 0 fully saturated rings. The van der Waals surface area contributed by atoms with Crippen molar-refractivity contribution in [2.24, 2.45) is 0 Å². The van der Waals surface area contributed by atoms with Gasteiger partial charge in [-0.15, -0.1) is 0 Å². The van der Waals surface area contributed by atoms with Crippen LogP contribution in [-0.4, -0.2) is 52.3 Å². The lowest BCUT2D eigenvalue weighted by Crippen LogP contribution is -2.43. The fraction of sp³-hybridized carbons (Fsp3) is 0.667. The number of hydrogen-bond donors (Lipinski definition) is 6. The van der Waals surface area contributed by atoms with Gasteiger partial charge in [0, 0.05) is 18.7 Å². The topological polar surface area (TPSA) is 123 Å². The third-order valence-electron chi connectivity index (χ3n) is 5.42. The van der Waals surface area contributed by atoms with Crippen LogP contribution in [0.3, 0.4) is 0 Å². The fourth-order valence-corrected chi connectivity index (χ4v) is 3.57. The number of hydrogen-bond acceptors (Lipinski definition) is 6. The molecule has 8 nitrogen and oxygen atoms in total. The normalized spacial score (nSPS) is 12.6. The van der Waals surface area contributed by atoms with E-state index in [9.17, 15) is 15.0 Å². The van der Waals surface area contributed by atoms with Gasteiger partial charge in [0.25, 0.3) is 0 Å². The number of carbonyl (C=O) groups is 1. The SMILES string of the molecule is COc1ccc(NC(=S)NNC(=O)CCCCCCCC(O)C(O)CCCCCCO)cc1. The minimum atomic E-state index is -0.671. The van der Waals surface area contributed by atoms with Crippen LogP contribution in [0.4, 0.5) is 5.69 Å². The minimum Gasteiger partial charge on any atom is -0.497 e. The van der Waals surface area contributed by atoms with Crippen molar-refractivity contribution in [1.82, 2.24) is 10.9 Å². The number of benzene rings is 1. The number of carbonyl (C=O) groups excluding carboxylic acids is 1. The van der Waals surface area contributed by atoms with Crippen LogP contribution in [0.15, 0.2) is 24.3 Å². The zero-order valence-corrected chi connectivity index (χ0v) is 20.5. The zero-order chi connectivity index (χ0) is 24.3. The Kier molecular flexibility index (Phi) is 16.3. The minimum absolute atomic E-state index is 0.119. The van der Waals surface area contributed by atoms with Gasteiger partial charge in [-0.1, -0.05) is 44.9 Å². The monoisotopic (exact) mass is 483 g/mol. The molecule has 1 aromatic rings. The Balaban J connectivity index is 1.99. The third kappa shape index (κ3) is 14.7. The molecular formula is C24H41N3O5S. The molecule has 0 aliphatic heterocycles. The number of aliphatic hydroxyl groups is 3. The van der Waals surface area contributed by atoms with Crippen molar-refractivity contribution in [2.45, 2.75) is 89.3 Å². The summed E-state index contributed by atoms with van der Waals surface area (Å²) in [6, 6.07) is 7.29. The highest BCUT2D eigenvalue weighted by Gasteiger charge is 2.15.